The molecule has 1 aliphatic rings. The molecule has 0 spiro atoms. The Morgan fingerprint density at radius 3 is 2.57 bits per heavy atom. The molecule has 1 saturated heterocycles. The number of amides is 1. The van der Waals surface area contributed by atoms with Crippen LogP contribution in [-0.2, 0) is 0 Å². The van der Waals surface area contributed by atoms with Gasteiger partial charge in [0.05, 0.1) is 12.8 Å². The Labute approximate surface area is 164 Å². The summed E-state index contributed by atoms with van der Waals surface area (Å²) >= 11 is 0. The van der Waals surface area contributed by atoms with Crippen molar-refractivity contribution in [1.82, 2.24) is 10.2 Å². The molecule has 1 amide bonds. The molecule has 1 N–H and O–H groups in total. The van der Waals surface area contributed by atoms with E-state index < -0.39 is 0 Å². The van der Waals surface area contributed by atoms with Gasteiger partial charge in [-0.05, 0) is 49.2 Å². The van der Waals surface area contributed by atoms with Gasteiger partial charge in [0.25, 0.3) is 5.91 Å². The number of nitrogens with zero attached hydrogens (tertiary/aromatic N) is 3. The van der Waals surface area contributed by atoms with Crippen molar-refractivity contribution >= 4 is 17.4 Å². The van der Waals surface area contributed by atoms with Gasteiger partial charge in [0.2, 0.25) is 0 Å². The van der Waals surface area contributed by atoms with Crippen LogP contribution in [0.5, 0.6) is 5.75 Å². The fourth-order valence-corrected chi connectivity index (χ4v) is 3.32. The van der Waals surface area contributed by atoms with E-state index in [9.17, 15) is 4.79 Å². The van der Waals surface area contributed by atoms with E-state index in [1.165, 1.54) is 12.8 Å². The molecule has 3 aromatic rings. The molecule has 0 bridgehead atoms. The lowest BCUT2D eigenvalue weighted by Gasteiger charge is -2.15. The molecule has 1 fully saturated rings. The maximum absolute atomic E-state index is 12.6. The molecule has 4 rings (SSSR count). The number of nitrogens with one attached hydrogen (secondary N) is 1. The fourth-order valence-electron chi connectivity index (χ4n) is 3.32. The summed E-state index contributed by atoms with van der Waals surface area (Å²) in [7, 11) is 1.60. The van der Waals surface area contributed by atoms with Gasteiger partial charge in [-0.2, -0.15) is 0 Å². The molecule has 0 radical (unpaired) electrons. The Kier molecular flexibility index (Phi) is 5.19. The highest BCUT2D eigenvalue weighted by Gasteiger charge is 2.14. The summed E-state index contributed by atoms with van der Waals surface area (Å²) < 4.78 is 5.20. The highest BCUT2D eigenvalue weighted by atomic mass is 16.5. The van der Waals surface area contributed by atoms with Crippen molar-refractivity contribution in [2.45, 2.75) is 12.8 Å². The molecule has 0 saturated carbocycles. The van der Waals surface area contributed by atoms with E-state index >= 15 is 0 Å². The number of hydrogen-bond acceptors (Lipinski definition) is 5. The third kappa shape index (κ3) is 3.96. The van der Waals surface area contributed by atoms with Crippen LogP contribution >= 0.6 is 0 Å². The Bertz CT molecular complexity index is 966. The van der Waals surface area contributed by atoms with Crippen LogP contribution < -0.4 is 15.0 Å². The second kappa shape index (κ2) is 8.08. The molecule has 6 heteroatoms. The quantitative estimate of drug-likeness (QED) is 0.731. The minimum atomic E-state index is -0.184. The van der Waals surface area contributed by atoms with Crippen LogP contribution in [-0.4, -0.2) is 36.3 Å². The zero-order valence-corrected chi connectivity index (χ0v) is 15.8. The maximum Gasteiger partial charge on any atom is 0.255 e. The highest BCUT2D eigenvalue weighted by molar-refractivity contribution is 6.05. The normalized spacial score (nSPS) is 13.4. The number of aromatic nitrogens is 2. The first-order chi connectivity index (χ1) is 13.7. The van der Waals surface area contributed by atoms with E-state index in [1.807, 2.05) is 48.5 Å². The Morgan fingerprint density at radius 2 is 1.82 bits per heavy atom. The SMILES string of the molecule is COc1cccc(NC(=O)c2cccc(-c3ccc(N4CCCC4)nn3)c2)c1. The van der Waals surface area contributed by atoms with Gasteiger partial charge in [0, 0.05) is 36.0 Å². The standard InChI is InChI=1S/C22H22N4O2/c1-28-19-9-5-8-18(15-19)23-22(27)17-7-4-6-16(14-17)20-10-11-21(25-24-20)26-12-2-3-13-26/h4-11,14-15H,2-3,12-13H2,1H3,(H,23,27). The third-order valence-corrected chi connectivity index (χ3v) is 4.83. The topological polar surface area (TPSA) is 67.3 Å². The van der Waals surface area contributed by atoms with Gasteiger partial charge in [-0.15, -0.1) is 10.2 Å². The van der Waals surface area contributed by atoms with Gasteiger partial charge >= 0.3 is 0 Å². The van der Waals surface area contributed by atoms with Crippen LogP contribution in [0.3, 0.4) is 0 Å². The van der Waals surface area contributed by atoms with Gasteiger partial charge in [-0.1, -0.05) is 18.2 Å². The van der Waals surface area contributed by atoms with E-state index in [0.29, 0.717) is 17.0 Å². The zero-order valence-electron chi connectivity index (χ0n) is 15.8. The van der Waals surface area contributed by atoms with Crippen molar-refractivity contribution in [3.05, 3.63) is 66.2 Å². The summed E-state index contributed by atoms with van der Waals surface area (Å²) in [6, 6.07) is 18.6. The van der Waals surface area contributed by atoms with Crippen LogP contribution in [0.25, 0.3) is 11.3 Å². The van der Waals surface area contributed by atoms with Gasteiger partial charge in [-0.25, -0.2) is 0 Å². The number of rotatable bonds is 5. The van der Waals surface area contributed by atoms with Crippen LogP contribution in [0.15, 0.2) is 60.7 Å². The lowest BCUT2D eigenvalue weighted by Crippen LogP contribution is -2.19. The molecule has 6 nitrogen and oxygen atoms in total. The minimum absolute atomic E-state index is 0.184. The first-order valence-electron chi connectivity index (χ1n) is 9.37. The summed E-state index contributed by atoms with van der Waals surface area (Å²) in [5.74, 6) is 1.42. The van der Waals surface area contributed by atoms with E-state index in [2.05, 4.69) is 20.4 Å². The maximum atomic E-state index is 12.6. The summed E-state index contributed by atoms with van der Waals surface area (Å²) in [5.41, 5.74) is 2.85. The molecule has 1 aliphatic heterocycles. The summed E-state index contributed by atoms with van der Waals surface area (Å²) in [6.45, 7) is 2.07. The summed E-state index contributed by atoms with van der Waals surface area (Å²) in [6.07, 6.45) is 2.40. The van der Waals surface area contributed by atoms with Gasteiger partial charge in [0.1, 0.15) is 5.75 Å². The van der Waals surface area contributed by atoms with E-state index in [4.69, 9.17) is 4.74 Å². The van der Waals surface area contributed by atoms with Crippen molar-refractivity contribution in [2.24, 2.45) is 0 Å². The second-order valence-electron chi connectivity index (χ2n) is 6.74. The van der Waals surface area contributed by atoms with Crippen molar-refractivity contribution in [3.8, 4) is 17.0 Å². The number of methoxy groups -OCH3 is 1. The van der Waals surface area contributed by atoms with Crippen molar-refractivity contribution < 1.29 is 9.53 Å². The number of carbonyl (C=O) groups is 1. The van der Waals surface area contributed by atoms with Gasteiger partial charge in [0.15, 0.2) is 5.82 Å². The second-order valence-corrected chi connectivity index (χ2v) is 6.74. The molecule has 0 atom stereocenters. The average molecular weight is 374 g/mol. The van der Waals surface area contributed by atoms with E-state index in [-0.39, 0.29) is 5.91 Å². The highest BCUT2D eigenvalue weighted by Crippen LogP contribution is 2.23. The number of carbonyl (C=O) groups excluding carboxylic acids is 1. The van der Waals surface area contributed by atoms with Crippen LogP contribution in [0.1, 0.15) is 23.2 Å². The van der Waals surface area contributed by atoms with E-state index in [0.717, 1.165) is 30.2 Å². The summed E-state index contributed by atoms with van der Waals surface area (Å²) in [4.78, 5) is 14.9. The number of benzene rings is 2. The predicted molar refractivity (Wildman–Crippen MR) is 110 cm³/mol. The van der Waals surface area contributed by atoms with Gasteiger partial charge in [-0.3, -0.25) is 4.79 Å². The minimum Gasteiger partial charge on any atom is -0.497 e. The third-order valence-electron chi connectivity index (χ3n) is 4.83. The van der Waals surface area contributed by atoms with Gasteiger partial charge < -0.3 is 15.0 Å². The largest absolute Gasteiger partial charge is 0.497 e. The molecule has 2 heterocycles. The molecule has 28 heavy (non-hydrogen) atoms. The zero-order chi connectivity index (χ0) is 19.3. The first kappa shape index (κ1) is 18.0. The van der Waals surface area contributed by atoms with Crippen LogP contribution in [0, 0.1) is 0 Å². The molecule has 0 unspecified atom stereocenters. The molecule has 0 aliphatic carbocycles. The Morgan fingerprint density at radius 1 is 1.00 bits per heavy atom. The van der Waals surface area contributed by atoms with Crippen molar-refractivity contribution in [1.29, 1.82) is 0 Å². The number of ether oxygens (including phenoxy) is 1. The van der Waals surface area contributed by atoms with Crippen LogP contribution in [0.4, 0.5) is 11.5 Å². The first-order valence-corrected chi connectivity index (χ1v) is 9.37. The summed E-state index contributed by atoms with van der Waals surface area (Å²) in [5, 5.41) is 11.6. The van der Waals surface area contributed by atoms with Crippen molar-refractivity contribution in [3.63, 3.8) is 0 Å². The lowest BCUT2D eigenvalue weighted by atomic mass is 10.1. The Hall–Kier alpha value is -3.41. The van der Waals surface area contributed by atoms with Crippen molar-refractivity contribution in [2.75, 3.05) is 30.4 Å². The average Bonchev–Trinajstić information content (AvgIpc) is 3.29. The van der Waals surface area contributed by atoms with Crippen LogP contribution in [0.2, 0.25) is 0 Å². The molecular formula is C22H22N4O2. The fraction of sp³-hybridized carbons (Fsp3) is 0.227. The predicted octanol–water partition coefficient (Wildman–Crippen LogP) is 4.00. The number of anilines is 2. The monoisotopic (exact) mass is 374 g/mol. The smallest absolute Gasteiger partial charge is 0.255 e. The molecule has 2 aromatic carbocycles. The molecule has 142 valence electrons. The molecule has 1 aromatic heterocycles. The lowest BCUT2D eigenvalue weighted by molar-refractivity contribution is 0.102. The molecular weight excluding hydrogens is 352 g/mol. The van der Waals surface area contributed by atoms with E-state index in [1.54, 1.807) is 19.2 Å². The Balaban J connectivity index is 1.51. The number of hydrogen-bond donors (Lipinski definition) is 1.